The van der Waals surface area contributed by atoms with E-state index < -0.39 is 8.07 Å². The van der Waals surface area contributed by atoms with Gasteiger partial charge in [0.15, 0.2) is 0 Å². The van der Waals surface area contributed by atoms with E-state index >= 15 is 0 Å². The minimum absolute atomic E-state index is 0. The number of thiophene rings is 1. The van der Waals surface area contributed by atoms with Gasteiger partial charge < -0.3 is 9.55 Å². The summed E-state index contributed by atoms with van der Waals surface area (Å²) in [5.74, 6) is 2.25. The first-order valence-corrected chi connectivity index (χ1v) is 22.7. The van der Waals surface area contributed by atoms with E-state index in [2.05, 4.69) is 172 Å². The van der Waals surface area contributed by atoms with Crippen molar-refractivity contribution in [2.75, 3.05) is 0 Å². The molecule has 271 valence electrons. The number of imidazole rings is 1. The molecule has 0 unspecified atom stereocenters. The third-order valence-electron chi connectivity index (χ3n) is 9.41. The zero-order valence-corrected chi connectivity index (χ0v) is 35.9. The van der Waals surface area contributed by atoms with Crippen LogP contribution in [-0.4, -0.2) is 22.6 Å². The molecule has 53 heavy (non-hydrogen) atoms. The second-order valence-corrected chi connectivity index (χ2v) is 21.5. The first kappa shape index (κ1) is 38.5. The molecule has 0 atom stereocenters. The van der Waals surface area contributed by atoms with Crippen molar-refractivity contribution >= 4 is 56.5 Å². The zero-order chi connectivity index (χ0) is 36.4. The minimum Gasteiger partial charge on any atom is -0.333 e. The Morgan fingerprint density at radius 2 is 1.49 bits per heavy atom. The van der Waals surface area contributed by atoms with Crippen LogP contribution in [0, 0.1) is 23.3 Å². The number of rotatable bonds is 8. The predicted molar refractivity (Wildman–Crippen MR) is 227 cm³/mol. The van der Waals surface area contributed by atoms with Crippen LogP contribution < -0.4 is 5.19 Å². The van der Waals surface area contributed by atoms with E-state index in [1.165, 1.54) is 37.2 Å². The van der Waals surface area contributed by atoms with Crippen LogP contribution in [0.4, 0.5) is 0 Å². The van der Waals surface area contributed by atoms with Crippen LogP contribution in [-0.2, 0) is 32.9 Å². The smallest absolute Gasteiger partial charge is 0.0798 e. The SMILES string of the molecule is CC(C)Cc1cc(-c2[c-]cccc2)ncc1[Si](C)(C)C.CC(C)Cc1ccc2s[c-]c(-c3nc4ccccc4n3-c3ccc4ccccc4c3)c2c1.[Ir]. The molecule has 0 bridgehead atoms. The molecule has 0 amide bonds. The molecule has 8 rings (SSSR count). The summed E-state index contributed by atoms with van der Waals surface area (Å²) in [6, 6.07) is 44.0. The van der Waals surface area contributed by atoms with E-state index in [0.29, 0.717) is 11.8 Å². The van der Waals surface area contributed by atoms with Crippen molar-refractivity contribution in [1.82, 2.24) is 14.5 Å². The topological polar surface area (TPSA) is 30.7 Å². The summed E-state index contributed by atoms with van der Waals surface area (Å²) in [4.78, 5) is 9.78. The molecule has 6 heteroatoms. The van der Waals surface area contributed by atoms with Gasteiger partial charge in [-0.2, -0.15) is 0 Å². The van der Waals surface area contributed by atoms with Gasteiger partial charge in [0.05, 0.1) is 24.9 Å². The summed E-state index contributed by atoms with van der Waals surface area (Å²) in [5, 5.41) is 8.78. The van der Waals surface area contributed by atoms with Gasteiger partial charge in [0, 0.05) is 32.0 Å². The van der Waals surface area contributed by atoms with E-state index in [-0.39, 0.29) is 20.1 Å². The van der Waals surface area contributed by atoms with Crippen LogP contribution >= 0.6 is 11.3 Å². The van der Waals surface area contributed by atoms with Crippen LogP contribution in [0.1, 0.15) is 38.8 Å². The van der Waals surface area contributed by atoms with Crippen LogP contribution in [0.2, 0.25) is 19.6 Å². The Bertz CT molecular complexity index is 2470. The van der Waals surface area contributed by atoms with Gasteiger partial charge in [0.25, 0.3) is 0 Å². The van der Waals surface area contributed by atoms with Gasteiger partial charge in [-0.3, -0.25) is 16.3 Å². The summed E-state index contributed by atoms with van der Waals surface area (Å²) in [7, 11) is -1.34. The van der Waals surface area contributed by atoms with Crippen molar-refractivity contribution < 1.29 is 20.1 Å². The maximum atomic E-state index is 5.09. The standard InChI is InChI=1S/C29H23N2S.C18H24NSi.Ir/c1-19(2)15-20-11-14-28-24(16-20)25(18-32-28)29-30-26-9-5-6-10-27(26)31(29)23-13-12-21-7-3-4-8-22(21)17-23;1-14(2)11-16-12-17(15-9-7-6-8-10-15)19-13-18(16)20(3,4)5;/h3-14,16-17,19H,15H2,1-2H3;6-9,12-14H,11H2,1-5H3;/q2*-1;. The normalized spacial score (nSPS) is 11.6. The molecule has 0 aliphatic carbocycles. The number of hydrogen-bond acceptors (Lipinski definition) is 3. The maximum Gasteiger partial charge on any atom is 0.0798 e. The molecular formula is C47H47IrN3SSi-2. The second-order valence-electron chi connectivity index (χ2n) is 15.6. The first-order valence-electron chi connectivity index (χ1n) is 18.4. The van der Waals surface area contributed by atoms with E-state index in [9.17, 15) is 0 Å². The van der Waals surface area contributed by atoms with Crippen LogP contribution in [0.3, 0.4) is 0 Å². The number of hydrogen-bond donors (Lipinski definition) is 0. The number of para-hydroxylation sites is 2. The monoisotopic (exact) mass is 906 g/mol. The van der Waals surface area contributed by atoms with Gasteiger partial charge in [-0.1, -0.05) is 135 Å². The van der Waals surface area contributed by atoms with Crippen molar-refractivity contribution in [3.8, 4) is 28.3 Å². The Balaban J connectivity index is 0.000000199. The zero-order valence-electron chi connectivity index (χ0n) is 31.7. The van der Waals surface area contributed by atoms with Gasteiger partial charge >= 0.3 is 0 Å². The molecule has 1 radical (unpaired) electrons. The number of nitrogens with zero attached hydrogens (tertiary/aromatic N) is 3. The fourth-order valence-electron chi connectivity index (χ4n) is 7.04. The summed E-state index contributed by atoms with van der Waals surface area (Å²) in [5.41, 5.74) is 9.29. The average molecular weight is 906 g/mol. The molecule has 3 aromatic heterocycles. The van der Waals surface area contributed by atoms with E-state index in [4.69, 9.17) is 4.98 Å². The van der Waals surface area contributed by atoms with Gasteiger partial charge in [-0.15, -0.1) is 47.3 Å². The number of benzene rings is 5. The van der Waals surface area contributed by atoms with Crippen LogP contribution in [0.15, 0.2) is 121 Å². The first-order chi connectivity index (χ1) is 25.0. The molecule has 3 nitrogen and oxygen atoms in total. The van der Waals surface area contributed by atoms with E-state index in [0.717, 1.165) is 52.2 Å². The minimum atomic E-state index is -1.34. The van der Waals surface area contributed by atoms with Crippen molar-refractivity contribution in [2.24, 2.45) is 11.8 Å². The second kappa shape index (κ2) is 16.4. The summed E-state index contributed by atoms with van der Waals surface area (Å²) in [6.45, 7) is 16.3. The third kappa shape index (κ3) is 8.63. The molecule has 0 saturated carbocycles. The summed E-state index contributed by atoms with van der Waals surface area (Å²) >= 11 is 1.67. The van der Waals surface area contributed by atoms with E-state index in [1.807, 2.05) is 18.2 Å². The molecule has 8 aromatic rings. The fourth-order valence-corrected chi connectivity index (χ4v) is 9.45. The van der Waals surface area contributed by atoms with E-state index in [1.54, 1.807) is 11.3 Å². The number of fused-ring (bicyclic) bond motifs is 3. The average Bonchev–Trinajstić information content (AvgIpc) is 3.72. The van der Waals surface area contributed by atoms with Gasteiger partial charge in [-0.25, -0.2) is 0 Å². The van der Waals surface area contributed by atoms with Crippen molar-refractivity contribution in [2.45, 2.75) is 60.2 Å². The van der Waals surface area contributed by atoms with Crippen LogP contribution in [0.25, 0.3) is 60.2 Å². The Hall–Kier alpha value is -4.19. The maximum absolute atomic E-state index is 5.09. The number of pyridine rings is 1. The van der Waals surface area contributed by atoms with Crippen molar-refractivity contribution in [1.29, 1.82) is 0 Å². The molecule has 3 heterocycles. The largest absolute Gasteiger partial charge is 0.333 e. The quantitative estimate of drug-likeness (QED) is 0.112. The Kier molecular flexibility index (Phi) is 12.0. The Morgan fingerprint density at radius 1 is 0.755 bits per heavy atom. The summed E-state index contributed by atoms with van der Waals surface area (Å²) in [6.07, 6.45) is 4.31. The van der Waals surface area contributed by atoms with Gasteiger partial charge in [0.2, 0.25) is 0 Å². The Morgan fingerprint density at radius 3 is 2.23 bits per heavy atom. The van der Waals surface area contributed by atoms with Gasteiger partial charge in [0.1, 0.15) is 0 Å². The van der Waals surface area contributed by atoms with Gasteiger partial charge in [-0.05, 0) is 70.6 Å². The molecule has 0 N–H and O–H groups in total. The van der Waals surface area contributed by atoms with Crippen molar-refractivity contribution in [3.63, 3.8) is 0 Å². The number of aromatic nitrogens is 3. The molecule has 0 fully saturated rings. The molecule has 0 aliphatic rings. The predicted octanol–water partition coefficient (Wildman–Crippen LogP) is 12.3. The molecule has 0 aliphatic heterocycles. The molecule has 5 aromatic carbocycles. The summed E-state index contributed by atoms with van der Waals surface area (Å²) < 4.78 is 3.54. The van der Waals surface area contributed by atoms with Crippen molar-refractivity contribution in [3.05, 3.63) is 144 Å². The molecule has 0 saturated heterocycles. The Labute approximate surface area is 333 Å². The molecular weight excluding hydrogens is 859 g/mol. The fraction of sp³-hybridized carbons (Fsp3) is 0.234. The molecule has 0 spiro atoms. The van der Waals surface area contributed by atoms with Crippen LogP contribution in [0.5, 0.6) is 0 Å². The third-order valence-corrected chi connectivity index (χ3v) is 12.4.